The molecule has 1 aromatic heterocycles. The minimum atomic E-state index is -1.02. The van der Waals surface area contributed by atoms with E-state index in [4.69, 9.17) is 5.11 Å². The molecule has 0 radical (unpaired) electrons. The Kier molecular flexibility index (Phi) is 1.59. The number of nitrogens with zero attached hydrogens (tertiary/aromatic N) is 2. The Labute approximate surface area is 86.1 Å². The predicted molar refractivity (Wildman–Crippen MR) is 55.1 cm³/mol. The summed E-state index contributed by atoms with van der Waals surface area (Å²) in [7, 11) is 0. The fourth-order valence-corrected chi connectivity index (χ4v) is 1.89. The Morgan fingerprint density at radius 3 is 2.80 bits per heavy atom. The van der Waals surface area contributed by atoms with Crippen molar-refractivity contribution < 1.29 is 9.90 Å². The van der Waals surface area contributed by atoms with E-state index >= 15 is 0 Å². The Morgan fingerprint density at radius 1 is 1.40 bits per heavy atom. The Balaban J connectivity index is 2.32. The summed E-state index contributed by atoms with van der Waals surface area (Å²) in [5.41, 5.74) is 1.62. The van der Waals surface area contributed by atoms with Crippen molar-refractivity contribution in [3.05, 3.63) is 30.0 Å². The zero-order valence-electron chi connectivity index (χ0n) is 8.05. The Morgan fingerprint density at radius 2 is 2.13 bits per heavy atom. The molecule has 4 nitrogen and oxygen atoms in total. The normalized spacial score (nSPS) is 15.7. The predicted octanol–water partition coefficient (Wildman–Crippen LogP) is 2.44. The topological polar surface area (TPSA) is 55.1 Å². The average Bonchev–Trinajstić information content (AvgIpc) is 2.99. The Hall–Kier alpha value is -1.84. The fraction of sp³-hybridized carbons (Fsp3) is 0.273. The van der Waals surface area contributed by atoms with Gasteiger partial charge in [0.05, 0.1) is 11.2 Å². The molecule has 1 fully saturated rings. The highest BCUT2D eigenvalue weighted by Gasteiger charge is 2.29. The van der Waals surface area contributed by atoms with E-state index in [1.165, 1.54) is 0 Å². The lowest BCUT2D eigenvalue weighted by Crippen LogP contribution is -2.09. The molecule has 0 bridgehead atoms. The molecule has 0 spiro atoms. The summed E-state index contributed by atoms with van der Waals surface area (Å²) in [6.45, 7) is 0. The summed E-state index contributed by atoms with van der Waals surface area (Å²) in [5.74, 6) is 0.468. The molecular formula is C11H10N2O2. The first-order valence-electron chi connectivity index (χ1n) is 4.98. The molecule has 4 heteroatoms. The number of hydrogen-bond acceptors (Lipinski definition) is 2. The molecule has 1 N–H and O–H groups in total. The highest BCUT2D eigenvalue weighted by molar-refractivity contribution is 5.89. The van der Waals surface area contributed by atoms with Crippen molar-refractivity contribution >= 4 is 17.0 Å². The fourth-order valence-electron chi connectivity index (χ4n) is 1.89. The molecule has 2 aromatic rings. The molecule has 0 unspecified atom stereocenters. The number of carbonyl (C=O) groups is 1. The van der Waals surface area contributed by atoms with Crippen molar-refractivity contribution in [2.75, 3.05) is 0 Å². The van der Waals surface area contributed by atoms with Gasteiger partial charge in [0.25, 0.3) is 0 Å². The minimum absolute atomic E-state index is 0.468. The number of aromatic nitrogens is 2. The van der Waals surface area contributed by atoms with Crippen LogP contribution in [0.15, 0.2) is 24.3 Å². The Bertz CT molecular complexity index is 541. The number of para-hydroxylation sites is 1. The van der Waals surface area contributed by atoms with Crippen LogP contribution < -0.4 is 0 Å². The van der Waals surface area contributed by atoms with Crippen molar-refractivity contribution in [3.8, 4) is 0 Å². The van der Waals surface area contributed by atoms with E-state index in [-0.39, 0.29) is 0 Å². The highest BCUT2D eigenvalue weighted by atomic mass is 16.4. The lowest BCUT2D eigenvalue weighted by atomic mass is 10.1. The summed E-state index contributed by atoms with van der Waals surface area (Å²) in [5, 5.41) is 14.1. The van der Waals surface area contributed by atoms with Gasteiger partial charge < -0.3 is 5.11 Å². The summed E-state index contributed by atoms with van der Waals surface area (Å²) < 4.78 is 1.07. The lowest BCUT2D eigenvalue weighted by Gasteiger charge is -1.92. The monoisotopic (exact) mass is 202 g/mol. The van der Waals surface area contributed by atoms with E-state index in [1.807, 2.05) is 18.2 Å². The largest absolute Gasteiger partial charge is 0.463 e. The van der Waals surface area contributed by atoms with Crippen molar-refractivity contribution in [1.29, 1.82) is 0 Å². The van der Waals surface area contributed by atoms with Crippen LogP contribution in [0, 0.1) is 0 Å². The molecule has 0 saturated heterocycles. The van der Waals surface area contributed by atoms with Crippen molar-refractivity contribution in [3.63, 3.8) is 0 Å². The van der Waals surface area contributed by atoms with Gasteiger partial charge in [-0.1, -0.05) is 18.2 Å². The van der Waals surface area contributed by atoms with Crippen LogP contribution in [0.1, 0.15) is 24.5 Å². The van der Waals surface area contributed by atoms with Crippen LogP contribution in [-0.2, 0) is 0 Å². The molecule has 0 aliphatic heterocycles. The molecule has 3 rings (SSSR count). The second-order valence-electron chi connectivity index (χ2n) is 3.87. The molecule has 1 aromatic carbocycles. The van der Waals surface area contributed by atoms with Crippen LogP contribution in [0.4, 0.5) is 4.79 Å². The summed E-state index contributed by atoms with van der Waals surface area (Å²) in [6.07, 6.45) is 1.24. The second kappa shape index (κ2) is 2.82. The maximum Gasteiger partial charge on any atom is 0.432 e. The van der Waals surface area contributed by atoms with Crippen LogP contribution in [-0.4, -0.2) is 21.0 Å². The second-order valence-corrected chi connectivity index (χ2v) is 3.87. The van der Waals surface area contributed by atoms with Crippen LogP contribution in [0.3, 0.4) is 0 Å². The maximum atomic E-state index is 11.0. The van der Waals surface area contributed by atoms with Gasteiger partial charge in [0, 0.05) is 11.3 Å². The number of fused-ring (bicyclic) bond motifs is 1. The maximum absolute atomic E-state index is 11.0. The summed E-state index contributed by atoms with van der Waals surface area (Å²) in [4.78, 5) is 11.0. The number of benzene rings is 1. The van der Waals surface area contributed by atoms with Crippen molar-refractivity contribution in [2.24, 2.45) is 0 Å². The molecule has 0 amide bonds. The molecule has 76 valence electrons. The van der Waals surface area contributed by atoms with Gasteiger partial charge in [-0.05, 0) is 18.9 Å². The first-order chi connectivity index (χ1) is 7.27. The van der Waals surface area contributed by atoms with E-state index < -0.39 is 6.09 Å². The summed E-state index contributed by atoms with van der Waals surface area (Å²) >= 11 is 0. The molecule has 1 aliphatic carbocycles. The van der Waals surface area contributed by atoms with E-state index in [0.29, 0.717) is 11.4 Å². The highest BCUT2D eigenvalue weighted by Crippen LogP contribution is 2.42. The van der Waals surface area contributed by atoms with Crippen LogP contribution >= 0.6 is 0 Å². The van der Waals surface area contributed by atoms with Crippen LogP contribution in [0.25, 0.3) is 10.9 Å². The zero-order chi connectivity index (χ0) is 10.4. The number of carboxylic acid groups (broad SMARTS) is 1. The average molecular weight is 202 g/mol. The number of rotatable bonds is 1. The van der Waals surface area contributed by atoms with E-state index in [0.717, 1.165) is 28.6 Å². The number of hydrogen-bond donors (Lipinski definition) is 1. The van der Waals surface area contributed by atoms with Crippen LogP contribution in [0.5, 0.6) is 0 Å². The zero-order valence-corrected chi connectivity index (χ0v) is 8.05. The third-order valence-corrected chi connectivity index (χ3v) is 2.76. The molecule has 15 heavy (non-hydrogen) atoms. The van der Waals surface area contributed by atoms with Gasteiger partial charge in [0.2, 0.25) is 0 Å². The third-order valence-electron chi connectivity index (χ3n) is 2.76. The molecule has 1 heterocycles. The first-order valence-corrected chi connectivity index (χ1v) is 4.98. The molecule has 1 aliphatic rings. The smallest absolute Gasteiger partial charge is 0.432 e. The van der Waals surface area contributed by atoms with Crippen molar-refractivity contribution in [2.45, 2.75) is 18.8 Å². The van der Waals surface area contributed by atoms with Crippen LogP contribution in [0.2, 0.25) is 0 Å². The summed E-state index contributed by atoms with van der Waals surface area (Å²) in [6, 6.07) is 7.49. The SMILES string of the molecule is O=C(O)n1nc(C2CC2)c2ccccc21. The van der Waals surface area contributed by atoms with Gasteiger partial charge >= 0.3 is 6.09 Å². The molecular weight excluding hydrogens is 192 g/mol. The van der Waals surface area contributed by atoms with E-state index in [9.17, 15) is 4.79 Å². The van der Waals surface area contributed by atoms with Gasteiger partial charge in [0.15, 0.2) is 0 Å². The molecule has 0 atom stereocenters. The van der Waals surface area contributed by atoms with Gasteiger partial charge in [-0.25, -0.2) is 4.79 Å². The van der Waals surface area contributed by atoms with Gasteiger partial charge in [-0.15, -0.1) is 0 Å². The standard InChI is InChI=1S/C11H10N2O2/c14-11(15)13-9-4-2-1-3-8(9)10(12-13)7-5-6-7/h1-4,7H,5-6H2,(H,14,15). The van der Waals surface area contributed by atoms with E-state index in [1.54, 1.807) is 6.07 Å². The first kappa shape index (κ1) is 8.47. The lowest BCUT2D eigenvalue weighted by molar-refractivity contribution is 0.194. The third kappa shape index (κ3) is 1.21. The quantitative estimate of drug-likeness (QED) is 0.772. The van der Waals surface area contributed by atoms with Crippen molar-refractivity contribution in [1.82, 2.24) is 9.78 Å². The van der Waals surface area contributed by atoms with E-state index in [2.05, 4.69) is 5.10 Å². The van der Waals surface area contributed by atoms with Gasteiger partial charge in [0.1, 0.15) is 0 Å². The minimum Gasteiger partial charge on any atom is -0.463 e. The molecule has 1 saturated carbocycles. The van der Waals surface area contributed by atoms with Gasteiger partial charge in [-0.3, -0.25) is 0 Å². The van der Waals surface area contributed by atoms with Gasteiger partial charge in [-0.2, -0.15) is 9.78 Å².